The molecule has 494 valence electrons. The van der Waals surface area contributed by atoms with Gasteiger partial charge in [-0.3, -0.25) is 4.57 Å². The van der Waals surface area contributed by atoms with Crippen LogP contribution in [0.3, 0.4) is 0 Å². The zero-order valence-electron chi connectivity index (χ0n) is 57.2. The summed E-state index contributed by atoms with van der Waals surface area (Å²) in [5.41, 5.74) is 25.3. The van der Waals surface area contributed by atoms with Crippen LogP contribution in [-0.4, -0.2) is 43.2 Å². The Kier molecular flexibility index (Phi) is 14.1. The molecule has 106 heavy (non-hydrogen) atoms. The standard InChI is InChI=1S/C97H61N9/c1-4-23-63(24-5-1)84-61-85(64-25-6-2-7-26-64)99-97(98-84)106-90-44-19-12-37-78(90)81-52-49-71(60-93(81)106)70-51-54-91-83(59-70)80-39-13-17-42-88(80)104(91)73-32-20-29-67(55-73)62-45-47-66(48-46-62)95-100-94(65-27-8-3-9-28-65)101-96(102-95)72-31-22-34-75(57-72)105-89-43-18-14-38-79(89)82-58-69(50-53-92(82)105)68-30-21-33-74(56-68)103-86-40-15-10-35-76(86)77-36-11-16-41-87(77)103/h1-61H. The summed E-state index contributed by atoms with van der Waals surface area (Å²) in [7, 11) is 0. The van der Waals surface area contributed by atoms with Gasteiger partial charge in [0, 0.05) is 88.0 Å². The third-order valence-corrected chi connectivity index (χ3v) is 21.0. The summed E-state index contributed by atoms with van der Waals surface area (Å²) in [6.45, 7) is 0. The Balaban J connectivity index is 0.608. The summed E-state index contributed by atoms with van der Waals surface area (Å²) in [4.78, 5) is 26.4. The van der Waals surface area contributed by atoms with Crippen LogP contribution in [0.4, 0.5) is 0 Å². The van der Waals surface area contributed by atoms with Gasteiger partial charge in [-0.05, 0) is 137 Å². The van der Waals surface area contributed by atoms with Gasteiger partial charge in [0.05, 0.1) is 55.5 Å². The average Bonchev–Trinajstić information content (AvgIpc) is 1.60. The van der Waals surface area contributed by atoms with Gasteiger partial charge >= 0.3 is 0 Å². The maximum atomic E-state index is 5.33. The third-order valence-electron chi connectivity index (χ3n) is 21.0. The quantitative estimate of drug-likeness (QED) is 0.122. The Labute approximate surface area is 609 Å². The molecule has 0 spiro atoms. The molecule has 0 aliphatic carbocycles. The highest BCUT2D eigenvalue weighted by Crippen LogP contribution is 2.42. The van der Waals surface area contributed by atoms with E-state index in [1.807, 2.05) is 30.3 Å². The number of nitrogens with zero attached hydrogens (tertiary/aromatic N) is 9. The van der Waals surface area contributed by atoms with E-state index < -0.39 is 0 Å². The minimum absolute atomic E-state index is 0.589. The first kappa shape index (κ1) is 60.4. The van der Waals surface area contributed by atoms with Crippen LogP contribution in [0.15, 0.2) is 370 Å². The zero-order valence-corrected chi connectivity index (χ0v) is 57.2. The first-order valence-electron chi connectivity index (χ1n) is 35.9. The normalized spacial score (nSPS) is 11.8. The lowest BCUT2D eigenvalue weighted by Gasteiger charge is -2.13. The number of aromatic nitrogens is 9. The highest BCUT2D eigenvalue weighted by molar-refractivity contribution is 6.14. The molecule has 0 saturated carbocycles. The van der Waals surface area contributed by atoms with E-state index in [9.17, 15) is 0 Å². The monoisotopic (exact) mass is 1350 g/mol. The predicted molar refractivity (Wildman–Crippen MR) is 436 cm³/mol. The Hall–Kier alpha value is -14.4. The van der Waals surface area contributed by atoms with Crippen molar-refractivity contribution in [3.8, 4) is 113 Å². The summed E-state index contributed by atoms with van der Waals surface area (Å²) in [6, 6.07) is 132. The number of fused-ring (bicyclic) bond motifs is 12. The van der Waals surface area contributed by atoms with E-state index in [2.05, 4.69) is 358 Å². The fourth-order valence-corrected chi connectivity index (χ4v) is 16.1. The van der Waals surface area contributed by atoms with Gasteiger partial charge < -0.3 is 13.7 Å². The summed E-state index contributed by atoms with van der Waals surface area (Å²) in [6.07, 6.45) is 0. The van der Waals surface area contributed by atoms with Crippen LogP contribution in [0.1, 0.15) is 0 Å². The molecule has 0 N–H and O–H groups in total. The number of hydrogen-bond acceptors (Lipinski definition) is 5. The van der Waals surface area contributed by atoms with Crippen molar-refractivity contribution < 1.29 is 0 Å². The molecule has 21 rings (SSSR count). The van der Waals surface area contributed by atoms with Crippen molar-refractivity contribution in [2.75, 3.05) is 0 Å². The van der Waals surface area contributed by atoms with Crippen molar-refractivity contribution in [1.29, 1.82) is 0 Å². The minimum Gasteiger partial charge on any atom is -0.309 e. The fourth-order valence-electron chi connectivity index (χ4n) is 16.1. The smallest absolute Gasteiger partial charge is 0.235 e. The second-order valence-electron chi connectivity index (χ2n) is 27.2. The average molecular weight is 1350 g/mol. The minimum atomic E-state index is 0.589. The molecule has 6 heterocycles. The predicted octanol–water partition coefficient (Wildman–Crippen LogP) is 24.4. The lowest BCUT2D eigenvalue weighted by atomic mass is 10.0. The molecule has 0 atom stereocenters. The molecule has 9 nitrogen and oxygen atoms in total. The highest BCUT2D eigenvalue weighted by Gasteiger charge is 2.23. The van der Waals surface area contributed by atoms with Crippen molar-refractivity contribution in [1.82, 2.24) is 43.2 Å². The second kappa shape index (κ2) is 24.7. The molecule has 0 radical (unpaired) electrons. The van der Waals surface area contributed by atoms with E-state index in [1.54, 1.807) is 0 Å². The lowest BCUT2D eigenvalue weighted by molar-refractivity contribution is 0.996. The van der Waals surface area contributed by atoms with Crippen molar-refractivity contribution in [3.63, 3.8) is 0 Å². The van der Waals surface area contributed by atoms with Gasteiger partial charge in [-0.1, -0.05) is 267 Å². The molecule has 0 aliphatic rings. The van der Waals surface area contributed by atoms with Gasteiger partial charge in [0.2, 0.25) is 5.95 Å². The van der Waals surface area contributed by atoms with Crippen LogP contribution in [0.2, 0.25) is 0 Å². The Morgan fingerprint density at radius 3 is 0.906 bits per heavy atom. The van der Waals surface area contributed by atoms with E-state index in [0.717, 1.165) is 134 Å². The Morgan fingerprint density at radius 1 is 0.151 bits per heavy atom. The van der Waals surface area contributed by atoms with Gasteiger partial charge in [0.25, 0.3) is 0 Å². The van der Waals surface area contributed by atoms with Crippen LogP contribution in [-0.2, 0) is 0 Å². The molecule has 6 aromatic heterocycles. The number of rotatable bonds is 12. The molecule has 0 fully saturated rings. The van der Waals surface area contributed by atoms with Crippen molar-refractivity contribution in [2.45, 2.75) is 0 Å². The third kappa shape index (κ3) is 10.1. The van der Waals surface area contributed by atoms with E-state index in [0.29, 0.717) is 23.4 Å². The van der Waals surface area contributed by atoms with Crippen LogP contribution in [0, 0.1) is 0 Å². The van der Waals surface area contributed by atoms with Gasteiger partial charge in [-0.25, -0.2) is 24.9 Å². The number of benzene rings is 15. The Morgan fingerprint density at radius 2 is 0.443 bits per heavy atom. The van der Waals surface area contributed by atoms with Gasteiger partial charge in [-0.15, -0.1) is 0 Å². The number of hydrogen-bond donors (Lipinski definition) is 0. The highest BCUT2D eigenvalue weighted by atomic mass is 15.2. The van der Waals surface area contributed by atoms with Gasteiger partial charge in [-0.2, -0.15) is 0 Å². The summed E-state index contributed by atoms with van der Waals surface area (Å²) < 4.78 is 9.38. The SMILES string of the molecule is c1ccc(-c2cc(-c3ccccc3)nc(-n3c4ccccc4c4ccc(-c5ccc6c(c5)c5ccccc5n6-c5cccc(-c6ccc(-c7nc(-c8ccccc8)nc(-c8cccc(-n9c%10ccccc%10c%10cc(-c%11cccc(-n%12c%13ccccc%13c%13ccccc%13%12)c%11)ccc%109)c8)n7)cc6)c5)cc43)n2)cc1. The van der Waals surface area contributed by atoms with Crippen molar-refractivity contribution in [3.05, 3.63) is 370 Å². The maximum absolute atomic E-state index is 5.33. The molecule has 0 bridgehead atoms. The first-order valence-corrected chi connectivity index (χ1v) is 35.9. The Bertz CT molecular complexity index is 6960. The fraction of sp³-hybridized carbons (Fsp3) is 0. The zero-order chi connectivity index (χ0) is 69.8. The second-order valence-corrected chi connectivity index (χ2v) is 27.2. The van der Waals surface area contributed by atoms with E-state index in [-0.39, 0.29) is 0 Å². The molecule has 0 amide bonds. The molecule has 15 aromatic carbocycles. The van der Waals surface area contributed by atoms with Crippen LogP contribution >= 0.6 is 0 Å². The molecular weight excluding hydrogens is 1290 g/mol. The summed E-state index contributed by atoms with van der Waals surface area (Å²) in [5, 5.41) is 9.48. The maximum Gasteiger partial charge on any atom is 0.235 e. The first-order chi connectivity index (χ1) is 52.5. The largest absolute Gasteiger partial charge is 0.309 e. The van der Waals surface area contributed by atoms with E-state index in [4.69, 9.17) is 24.9 Å². The van der Waals surface area contributed by atoms with Gasteiger partial charge in [0.15, 0.2) is 17.5 Å². The molecule has 0 saturated heterocycles. The molecule has 0 aliphatic heterocycles. The molecule has 0 unspecified atom stereocenters. The summed E-state index contributed by atoms with van der Waals surface area (Å²) >= 11 is 0. The van der Waals surface area contributed by atoms with Crippen LogP contribution in [0.5, 0.6) is 0 Å². The van der Waals surface area contributed by atoms with Crippen molar-refractivity contribution >= 4 is 87.2 Å². The van der Waals surface area contributed by atoms with Crippen LogP contribution in [0.25, 0.3) is 200 Å². The van der Waals surface area contributed by atoms with Gasteiger partial charge in [0.1, 0.15) is 0 Å². The van der Waals surface area contributed by atoms with Crippen molar-refractivity contribution in [2.24, 2.45) is 0 Å². The van der Waals surface area contributed by atoms with E-state index >= 15 is 0 Å². The van der Waals surface area contributed by atoms with E-state index in [1.165, 1.54) is 43.4 Å². The molecule has 21 aromatic rings. The lowest BCUT2D eigenvalue weighted by Crippen LogP contribution is -2.04. The number of para-hydroxylation sites is 5. The summed E-state index contributed by atoms with van der Waals surface area (Å²) in [5.74, 6) is 2.40. The molecule has 9 heteroatoms. The van der Waals surface area contributed by atoms with Crippen LogP contribution < -0.4 is 0 Å². The topological polar surface area (TPSA) is 84.2 Å². The molecular formula is C97H61N9.